The molecule has 0 aromatic heterocycles. The smallest absolute Gasteiger partial charge is 0.218 e. The Morgan fingerprint density at radius 2 is 1.87 bits per heavy atom. The van der Waals surface area contributed by atoms with Crippen LogP contribution in [0.5, 0.6) is 0 Å². The van der Waals surface area contributed by atoms with Crippen molar-refractivity contribution in [3.8, 4) is 0 Å². The fourth-order valence-electron chi connectivity index (χ4n) is 1.67. The van der Waals surface area contributed by atoms with Gasteiger partial charge in [0.2, 0.25) is 5.96 Å². The summed E-state index contributed by atoms with van der Waals surface area (Å²) >= 11 is 0. The monoisotopic (exact) mass is 213 g/mol. The van der Waals surface area contributed by atoms with Gasteiger partial charge in [0.1, 0.15) is 0 Å². The van der Waals surface area contributed by atoms with E-state index < -0.39 is 0 Å². The van der Waals surface area contributed by atoms with Gasteiger partial charge in [-0.3, -0.25) is 0 Å². The van der Waals surface area contributed by atoms with Crippen LogP contribution < -0.4 is 17.2 Å². The highest BCUT2D eigenvalue weighted by Gasteiger charge is 2.19. The molecule has 6 N–H and O–H groups in total. The lowest BCUT2D eigenvalue weighted by Crippen LogP contribution is -2.29. The largest absolute Gasteiger partial charge is 0.381 e. The van der Waals surface area contributed by atoms with Gasteiger partial charge in [-0.05, 0) is 25.7 Å². The first kappa shape index (κ1) is 11.8. The number of ether oxygens (including phenoxy) is 1. The van der Waals surface area contributed by atoms with Crippen LogP contribution in [0.1, 0.15) is 19.8 Å². The first-order valence-corrected chi connectivity index (χ1v) is 5.10. The van der Waals surface area contributed by atoms with Crippen LogP contribution >= 0.6 is 0 Å². The maximum Gasteiger partial charge on any atom is 0.218 e. The molecule has 6 heteroatoms. The summed E-state index contributed by atoms with van der Waals surface area (Å²) in [5.74, 6) is 0.593. The molecule has 86 valence electrons. The Bertz CT molecular complexity index is 253. The number of hydrogen-bond acceptors (Lipinski definition) is 2. The Hall–Kier alpha value is -1.30. The number of guanidine groups is 2. The maximum absolute atomic E-state index is 5.55. The van der Waals surface area contributed by atoms with Gasteiger partial charge >= 0.3 is 0 Å². The van der Waals surface area contributed by atoms with E-state index in [1.165, 1.54) is 0 Å². The summed E-state index contributed by atoms with van der Waals surface area (Å²) in [6.07, 6.45) is 2.03. The van der Waals surface area contributed by atoms with Gasteiger partial charge in [0.15, 0.2) is 5.96 Å². The van der Waals surface area contributed by atoms with Crippen molar-refractivity contribution in [1.29, 1.82) is 0 Å². The highest BCUT2D eigenvalue weighted by atomic mass is 16.5. The molecule has 1 aliphatic rings. The molecule has 0 bridgehead atoms. The van der Waals surface area contributed by atoms with Gasteiger partial charge in [-0.15, -0.1) is 0 Å². The predicted molar refractivity (Wildman–Crippen MR) is 60.4 cm³/mol. The van der Waals surface area contributed by atoms with Crippen molar-refractivity contribution in [2.24, 2.45) is 33.1 Å². The van der Waals surface area contributed by atoms with Gasteiger partial charge in [-0.1, -0.05) is 0 Å². The highest BCUT2D eigenvalue weighted by Crippen LogP contribution is 2.20. The molecular formula is C9H19N5O. The van der Waals surface area contributed by atoms with E-state index in [-0.39, 0.29) is 18.0 Å². The van der Waals surface area contributed by atoms with Crippen LogP contribution in [0.15, 0.2) is 9.98 Å². The Balaban J connectivity index is 2.52. The van der Waals surface area contributed by atoms with Crippen LogP contribution in [0.3, 0.4) is 0 Å². The summed E-state index contributed by atoms with van der Waals surface area (Å²) in [6, 6.07) is 0.136. The molecule has 0 spiro atoms. The van der Waals surface area contributed by atoms with E-state index in [4.69, 9.17) is 21.9 Å². The summed E-state index contributed by atoms with van der Waals surface area (Å²) in [5, 5.41) is 0. The zero-order valence-corrected chi connectivity index (χ0v) is 9.02. The van der Waals surface area contributed by atoms with Gasteiger partial charge in [-0.2, -0.15) is 4.99 Å². The Morgan fingerprint density at radius 1 is 1.27 bits per heavy atom. The molecule has 15 heavy (non-hydrogen) atoms. The van der Waals surface area contributed by atoms with E-state index in [0.717, 1.165) is 26.1 Å². The van der Waals surface area contributed by atoms with Crippen LogP contribution in [0, 0.1) is 5.92 Å². The molecule has 1 fully saturated rings. The van der Waals surface area contributed by atoms with E-state index in [1.54, 1.807) is 0 Å². The molecule has 0 aromatic carbocycles. The third-order valence-electron chi connectivity index (χ3n) is 2.53. The molecule has 1 atom stereocenters. The fourth-order valence-corrected chi connectivity index (χ4v) is 1.67. The van der Waals surface area contributed by atoms with Gasteiger partial charge in [-0.25, -0.2) is 4.99 Å². The van der Waals surface area contributed by atoms with E-state index in [9.17, 15) is 0 Å². The number of nitrogens with two attached hydrogens (primary N) is 3. The summed E-state index contributed by atoms with van der Waals surface area (Å²) in [7, 11) is 0. The molecule has 1 saturated heterocycles. The van der Waals surface area contributed by atoms with E-state index >= 15 is 0 Å². The van der Waals surface area contributed by atoms with Crippen molar-refractivity contribution in [3.63, 3.8) is 0 Å². The highest BCUT2D eigenvalue weighted by molar-refractivity contribution is 5.92. The minimum absolute atomic E-state index is 0.0598. The van der Waals surface area contributed by atoms with Crippen LogP contribution in [0.2, 0.25) is 0 Å². The van der Waals surface area contributed by atoms with Crippen molar-refractivity contribution >= 4 is 11.9 Å². The standard InChI is InChI=1S/C9H19N5O/c1-6(7-2-4-15-5-3-7)13-9(12)14-8(10)11/h6-7H,2-5H2,1H3,(H6,10,11,12,13,14). The molecule has 1 unspecified atom stereocenters. The second-order valence-electron chi connectivity index (χ2n) is 3.71. The Kier molecular flexibility index (Phi) is 4.36. The summed E-state index contributed by atoms with van der Waals surface area (Å²) < 4.78 is 5.27. The third-order valence-corrected chi connectivity index (χ3v) is 2.53. The second kappa shape index (κ2) is 5.55. The summed E-state index contributed by atoms with van der Waals surface area (Å²) in [6.45, 7) is 3.62. The molecule has 0 amide bonds. The van der Waals surface area contributed by atoms with Crippen LogP contribution in [0.25, 0.3) is 0 Å². The second-order valence-corrected chi connectivity index (χ2v) is 3.71. The van der Waals surface area contributed by atoms with Gasteiger partial charge in [0.05, 0.1) is 6.04 Å². The average Bonchev–Trinajstić information content (AvgIpc) is 2.17. The average molecular weight is 213 g/mol. The minimum atomic E-state index is -0.0598. The molecule has 0 aliphatic carbocycles. The number of nitrogens with zero attached hydrogens (tertiary/aromatic N) is 2. The Morgan fingerprint density at radius 3 is 2.40 bits per heavy atom. The van der Waals surface area contributed by atoms with E-state index in [1.807, 2.05) is 6.92 Å². The first-order chi connectivity index (χ1) is 7.09. The molecule has 0 saturated carbocycles. The summed E-state index contributed by atoms with van der Waals surface area (Å²) in [5.41, 5.74) is 15.9. The van der Waals surface area contributed by atoms with Crippen LogP contribution in [0.4, 0.5) is 0 Å². The molecule has 6 nitrogen and oxygen atoms in total. The maximum atomic E-state index is 5.55. The lowest BCUT2D eigenvalue weighted by atomic mass is 9.93. The van der Waals surface area contributed by atoms with Crippen molar-refractivity contribution in [3.05, 3.63) is 0 Å². The lowest BCUT2D eigenvalue weighted by Gasteiger charge is -2.25. The molecule has 0 aromatic rings. The van der Waals surface area contributed by atoms with Gasteiger partial charge in [0.25, 0.3) is 0 Å². The molecule has 1 rings (SSSR count). The lowest BCUT2D eigenvalue weighted by molar-refractivity contribution is 0.0605. The fraction of sp³-hybridized carbons (Fsp3) is 0.778. The minimum Gasteiger partial charge on any atom is -0.381 e. The van der Waals surface area contributed by atoms with Crippen molar-refractivity contribution < 1.29 is 4.74 Å². The molecule has 0 radical (unpaired) electrons. The molecule has 1 heterocycles. The summed E-state index contributed by atoms with van der Waals surface area (Å²) in [4.78, 5) is 7.91. The zero-order chi connectivity index (χ0) is 11.3. The topological polar surface area (TPSA) is 112 Å². The van der Waals surface area contributed by atoms with Crippen LogP contribution in [-0.2, 0) is 4.74 Å². The Labute approximate surface area is 89.6 Å². The van der Waals surface area contributed by atoms with E-state index in [2.05, 4.69) is 9.98 Å². The van der Waals surface area contributed by atoms with Crippen molar-refractivity contribution in [1.82, 2.24) is 0 Å². The number of rotatable bonds is 2. The van der Waals surface area contributed by atoms with Gasteiger partial charge in [0, 0.05) is 13.2 Å². The quantitative estimate of drug-likeness (QED) is 0.419. The predicted octanol–water partition coefficient (Wildman–Crippen LogP) is -0.610. The number of aliphatic imine (C=N–C) groups is 2. The van der Waals surface area contributed by atoms with E-state index in [0.29, 0.717) is 5.92 Å². The molecule has 1 aliphatic heterocycles. The third kappa shape index (κ3) is 4.16. The first-order valence-electron chi connectivity index (χ1n) is 5.10. The zero-order valence-electron chi connectivity index (χ0n) is 9.02. The number of hydrogen-bond donors (Lipinski definition) is 3. The SMILES string of the molecule is CC(N=C(N)N=C(N)N)C1CCOCC1. The van der Waals surface area contributed by atoms with Gasteiger partial charge < -0.3 is 21.9 Å². The van der Waals surface area contributed by atoms with Crippen molar-refractivity contribution in [2.75, 3.05) is 13.2 Å². The van der Waals surface area contributed by atoms with Crippen molar-refractivity contribution in [2.45, 2.75) is 25.8 Å². The normalized spacial score (nSPS) is 21.0. The van der Waals surface area contributed by atoms with Crippen LogP contribution in [-0.4, -0.2) is 31.2 Å². The molecular weight excluding hydrogens is 194 g/mol.